The molecule has 0 aliphatic heterocycles. The van der Waals surface area contributed by atoms with E-state index in [0.717, 1.165) is 5.57 Å². The van der Waals surface area contributed by atoms with Crippen molar-refractivity contribution in [1.29, 1.82) is 0 Å². The van der Waals surface area contributed by atoms with Crippen molar-refractivity contribution in [2.45, 2.75) is 13.8 Å². The molecular formula is C9H17O5P. The van der Waals surface area contributed by atoms with Crippen molar-refractivity contribution in [3.8, 4) is 0 Å². The summed E-state index contributed by atoms with van der Waals surface area (Å²) in [4.78, 5) is 17.3. The molecule has 0 radical (unpaired) electrons. The summed E-state index contributed by atoms with van der Waals surface area (Å²) >= 11 is 0. The van der Waals surface area contributed by atoms with Crippen LogP contribution in [0.1, 0.15) is 13.8 Å². The Morgan fingerprint density at radius 2 is 1.80 bits per heavy atom. The van der Waals surface area contributed by atoms with E-state index in [1.807, 2.05) is 6.92 Å². The fraction of sp³-hybridized carbons (Fsp3) is 0.556. The summed E-state index contributed by atoms with van der Waals surface area (Å²) in [5.41, 5.74) is 1.38. The second-order valence-corrected chi connectivity index (χ2v) is 4.97. The average Bonchev–Trinajstić information content (AvgIpc) is 2.00. The Hall–Kier alpha value is -0.610. The van der Waals surface area contributed by atoms with Crippen molar-refractivity contribution in [3.05, 3.63) is 23.7 Å². The zero-order chi connectivity index (χ0) is 11.9. The molecule has 0 amide bonds. The molecule has 88 valence electrons. The molecular weight excluding hydrogens is 219 g/mol. The minimum Gasteiger partial charge on any atom is -0.473 e. The van der Waals surface area contributed by atoms with Crippen LogP contribution < -0.4 is 0 Å². The molecule has 0 unspecified atom stereocenters. The van der Waals surface area contributed by atoms with Crippen LogP contribution in [0.3, 0.4) is 0 Å². The Balaban J connectivity index is 4.07. The lowest BCUT2D eigenvalue weighted by atomic mass is 10.4. The summed E-state index contributed by atoms with van der Waals surface area (Å²) in [6.45, 7) is 3.89. The first-order chi connectivity index (χ1) is 6.85. The normalized spacial score (nSPS) is 14.2. The Morgan fingerprint density at radius 3 is 2.27 bits per heavy atom. The molecule has 0 saturated heterocycles. The van der Waals surface area contributed by atoms with Crippen molar-refractivity contribution in [2.24, 2.45) is 0 Å². The summed E-state index contributed by atoms with van der Waals surface area (Å²) in [6, 6.07) is 0. The van der Waals surface area contributed by atoms with Crippen LogP contribution in [-0.2, 0) is 14.0 Å². The highest BCUT2D eigenvalue weighted by molar-refractivity contribution is 7.52. The molecule has 0 bridgehead atoms. The predicted octanol–water partition coefficient (Wildman–Crippen LogP) is 1.63. The molecule has 5 nitrogen and oxygen atoms in total. The minimum absolute atomic E-state index is 0.288. The van der Waals surface area contributed by atoms with Crippen molar-refractivity contribution < 1.29 is 23.8 Å². The Labute approximate surface area is 89.6 Å². The van der Waals surface area contributed by atoms with Gasteiger partial charge in [-0.3, -0.25) is 4.57 Å². The summed E-state index contributed by atoms with van der Waals surface area (Å²) < 4.78 is 20.5. The molecule has 0 rings (SSSR count). The van der Waals surface area contributed by atoms with E-state index in [-0.39, 0.29) is 6.16 Å². The maximum atomic E-state index is 10.6. The smallest absolute Gasteiger partial charge is 0.329 e. The quantitative estimate of drug-likeness (QED) is 0.541. The number of hydrogen-bond acceptors (Lipinski definition) is 3. The van der Waals surface area contributed by atoms with Gasteiger partial charge < -0.3 is 19.3 Å². The van der Waals surface area contributed by atoms with E-state index in [0.29, 0.717) is 12.2 Å². The predicted molar refractivity (Wildman–Crippen MR) is 57.4 cm³/mol. The van der Waals surface area contributed by atoms with Crippen molar-refractivity contribution >= 4 is 7.60 Å². The first-order valence-corrected chi connectivity index (χ1v) is 6.15. The zero-order valence-corrected chi connectivity index (χ0v) is 10.0. The van der Waals surface area contributed by atoms with Crippen LogP contribution in [0, 0.1) is 0 Å². The Bertz CT molecular complexity index is 289. The highest BCUT2D eigenvalue weighted by atomic mass is 31.2. The van der Waals surface area contributed by atoms with Gasteiger partial charge in [0.1, 0.15) is 0 Å². The van der Waals surface area contributed by atoms with Gasteiger partial charge in [0.05, 0.1) is 25.3 Å². The molecule has 0 aromatic carbocycles. The molecule has 15 heavy (non-hydrogen) atoms. The molecule has 0 saturated carbocycles. The third kappa shape index (κ3) is 9.69. The third-order valence-corrected chi connectivity index (χ3v) is 2.28. The molecule has 0 aliphatic carbocycles. The van der Waals surface area contributed by atoms with Gasteiger partial charge in [0, 0.05) is 7.11 Å². The van der Waals surface area contributed by atoms with Crippen LogP contribution in [0.4, 0.5) is 0 Å². The van der Waals surface area contributed by atoms with Crippen LogP contribution in [0.15, 0.2) is 23.7 Å². The number of methoxy groups -OCH3 is 1. The van der Waals surface area contributed by atoms with E-state index < -0.39 is 7.60 Å². The number of allylic oxidation sites excluding steroid dienone is 1. The average molecular weight is 236 g/mol. The van der Waals surface area contributed by atoms with Crippen LogP contribution >= 0.6 is 7.60 Å². The Kier molecular flexibility index (Phi) is 6.52. The number of rotatable bonds is 6. The van der Waals surface area contributed by atoms with E-state index in [1.54, 1.807) is 14.0 Å². The van der Waals surface area contributed by atoms with Gasteiger partial charge >= 0.3 is 7.60 Å². The lowest BCUT2D eigenvalue weighted by Crippen LogP contribution is -1.92. The molecule has 2 N–H and O–H groups in total. The largest absolute Gasteiger partial charge is 0.473 e. The van der Waals surface area contributed by atoms with Crippen molar-refractivity contribution in [1.82, 2.24) is 0 Å². The van der Waals surface area contributed by atoms with Gasteiger partial charge in [-0.15, -0.1) is 0 Å². The maximum Gasteiger partial charge on any atom is 0.329 e. The fourth-order valence-corrected chi connectivity index (χ4v) is 1.61. The summed E-state index contributed by atoms with van der Waals surface area (Å²) in [5, 5.41) is 0. The van der Waals surface area contributed by atoms with E-state index in [9.17, 15) is 4.57 Å². The molecule has 6 heteroatoms. The van der Waals surface area contributed by atoms with Crippen LogP contribution in [-0.4, -0.2) is 29.7 Å². The third-order valence-electron chi connectivity index (χ3n) is 1.37. The van der Waals surface area contributed by atoms with E-state index >= 15 is 0 Å². The van der Waals surface area contributed by atoms with Gasteiger partial charge in [0.2, 0.25) is 0 Å². The lowest BCUT2D eigenvalue weighted by molar-refractivity contribution is 0.222. The molecule has 0 atom stereocenters. The van der Waals surface area contributed by atoms with Gasteiger partial charge in [-0.2, -0.15) is 0 Å². The first kappa shape index (κ1) is 14.4. The first-order valence-electron chi connectivity index (χ1n) is 4.35. The number of hydrogen-bond donors (Lipinski definition) is 2. The maximum absolute atomic E-state index is 10.6. The van der Waals surface area contributed by atoms with Crippen LogP contribution in [0.25, 0.3) is 0 Å². The summed E-state index contributed by atoms with van der Waals surface area (Å²) in [6.07, 6.45) is 2.51. The lowest BCUT2D eigenvalue weighted by Gasteiger charge is -2.03. The summed E-state index contributed by atoms with van der Waals surface area (Å²) in [5.74, 6) is 0. The van der Waals surface area contributed by atoms with Gasteiger partial charge in [-0.1, -0.05) is 0 Å². The second kappa shape index (κ2) is 6.80. The van der Waals surface area contributed by atoms with Crippen molar-refractivity contribution in [3.63, 3.8) is 0 Å². The molecule has 0 aromatic heterocycles. The zero-order valence-electron chi connectivity index (χ0n) is 9.14. The SMILES string of the molecule is COC/C(C)=C/O/C=C(\C)CP(=O)(O)O. The standard InChI is InChI=1S/C9H17O5P/c1-8(4-13-3)5-14-6-9(2)7-15(10,11)12/h5-6H,4,7H2,1-3H3,(H2,10,11,12)/b8-5+,9-6+. The van der Waals surface area contributed by atoms with E-state index in [1.165, 1.54) is 12.5 Å². The number of ether oxygens (including phenoxy) is 2. The Morgan fingerprint density at radius 1 is 1.27 bits per heavy atom. The van der Waals surface area contributed by atoms with Crippen LogP contribution in [0.2, 0.25) is 0 Å². The minimum atomic E-state index is -3.99. The van der Waals surface area contributed by atoms with E-state index in [4.69, 9.17) is 19.3 Å². The highest BCUT2D eigenvalue weighted by Crippen LogP contribution is 2.36. The van der Waals surface area contributed by atoms with Crippen molar-refractivity contribution in [2.75, 3.05) is 19.9 Å². The molecule has 0 spiro atoms. The van der Waals surface area contributed by atoms with Gasteiger partial charge in [0.15, 0.2) is 0 Å². The van der Waals surface area contributed by atoms with Crippen LogP contribution in [0.5, 0.6) is 0 Å². The van der Waals surface area contributed by atoms with Gasteiger partial charge in [0.25, 0.3) is 0 Å². The molecule has 0 fully saturated rings. The summed E-state index contributed by atoms with van der Waals surface area (Å²) in [7, 11) is -2.42. The molecule has 0 aromatic rings. The van der Waals surface area contributed by atoms with E-state index in [2.05, 4.69) is 0 Å². The topological polar surface area (TPSA) is 76.0 Å². The van der Waals surface area contributed by atoms with Gasteiger partial charge in [-0.05, 0) is 25.0 Å². The van der Waals surface area contributed by atoms with Gasteiger partial charge in [-0.25, -0.2) is 0 Å². The molecule has 0 aliphatic rings. The fourth-order valence-electron chi connectivity index (χ4n) is 0.890. The molecule has 0 heterocycles. The highest BCUT2D eigenvalue weighted by Gasteiger charge is 2.13. The monoisotopic (exact) mass is 236 g/mol. The second-order valence-electron chi connectivity index (χ2n) is 3.32.